The van der Waals surface area contributed by atoms with Crippen molar-refractivity contribution in [3.63, 3.8) is 0 Å². The zero-order chi connectivity index (χ0) is 23.8. The van der Waals surface area contributed by atoms with Gasteiger partial charge in [0.15, 0.2) is 11.5 Å². The summed E-state index contributed by atoms with van der Waals surface area (Å²) in [6, 6.07) is 13.3. The molecule has 2 aliphatic heterocycles. The third kappa shape index (κ3) is 4.50. The van der Waals surface area contributed by atoms with Gasteiger partial charge in [0.2, 0.25) is 12.7 Å². The summed E-state index contributed by atoms with van der Waals surface area (Å²) in [5, 5.41) is 3.01. The van der Waals surface area contributed by atoms with Crippen molar-refractivity contribution in [2.24, 2.45) is 0 Å². The Kier molecular flexibility index (Phi) is 5.99. The number of ether oxygens (including phenoxy) is 2. The molecule has 2 aliphatic rings. The van der Waals surface area contributed by atoms with E-state index in [0.29, 0.717) is 44.3 Å². The van der Waals surface area contributed by atoms with Gasteiger partial charge >= 0.3 is 0 Å². The molecular formula is C23H14Cl2N2O6S. The first kappa shape index (κ1) is 22.4. The molecule has 3 aromatic rings. The molecule has 5 rings (SSSR count). The molecular weight excluding hydrogens is 503 g/mol. The number of furan rings is 1. The van der Waals surface area contributed by atoms with Gasteiger partial charge in [0.1, 0.15) is 18.1 Å². The van der Waals surface area contributed by atoms with Crippen molar-refractivity contribution >= 4 is 63.8 Å². The van der Waals surface area contributed by atoms with Crippen LogP contribution in [0.1, 0.15) is 5.76 Å². The Labute approximate surface area is 207 Å². The number of fused-ring (bicyclic) bond motifs is 1. The number of nitrogens with one attached hydrogen (secondary N) is 1. The average Bonchev–Trinajstić information content (AvgIpc) is 3.50. The first-order chi connectivity index (χ1) is 16.4. The van der Waals surface area contributed by atoms with Crippen molar-refractivity contribution in [1.82, 2.24) is 4.90 Å². The van der Waals surface area contributed by atoms with Crippen LogP contribution in [-0.4, -0.2) is 35.3 Å². The molecule has 0 radical (unpaired) electrons. The fourth-order valence-corrected chi connectivity index (χ4v) is 4.67. The summed E-state index contributed by atoms with van der Waals surface area (Å²) < 4.78 is 16.3. The number of halogens is 2. The molecule has 172 valence electrons. The number of imide groups is 1. The third-order valence-electron chi connectivity index (χ3n) is 4.93. The molecule has 1 N–H and O–H groups in total. The number of carbonyl (C=O) groups is 3. The molecule has 8 nitrogen and oxygen atoms in total. The van der Waals surface area contributed by atoms with Crippen LogP contribution < -0.4 is 14.8 Å². The molecule has 0 spiro atoms. The van der Waals surface area contributed by atoms with Crippen molar-refractivity contribution in [3.05, 3.63) is 69.2 Å². The Morgan fingerprint density at radius 2 is 1.88 bits per heavy atom. The van der Waals surface area contributed by atoms with Gasteiger partial charge in [-0.1, -0.05) is 23.2 Å². The smallest absolute Gasteiger partial charge is 0.294 e. The summed E-state index contributed by atoms with van der Waals surface area (Å²) in [5.41, 5.74) is 1.10. The first-order valence-corrected chi connectivity index (χ1v) is 11.4. The van der Waals surface area contributed by atoms with Crippen LogP contribution in [0.4, 0.5) is 10.5 Å². The van der Waals surface area contributed by atoms with Crippen molar-refractivity contribution in [3.8, 4) is 22.8 Å². The maximum absolute atomic E-state index is 12.8. The number of rotatable bonds is 5. The van der Waals surface area contributed by atoms with Gasteiger partial charge in [0, 0.05) is 28.4 Å². The van der Waals surface area contributed by atoms with Crippen molar-refractivity contribution < 1.29 is 28.3 Å². The monoisotopic (exact) mass is 516 g/mol. The number of amides is 3. The van der Waals surface area contributed by atoms with Crippen LogP contribution in [-0.2, 0) is 9.59 Å². The standard InChI is InChI=1S/C23H14Cl2N2O6S/c24-12-1-4-15(16(25)7-12)17-6-3-14(33-17)9-20-22(29)27(23(30)34-20)10-21(28)26-13-2-5-18-19(8-13)32-11-31-18/h1-9H,10-11H2,(H,26,28)/b20-9+. The minimum Gasteiger partial charge on any atom is -0.457 e. The van der Waals surface area contributed by atoms with Crippen molar-refractivity contribution in [1.29, 1.82) is 0 Å². The molecule has 1 fully saturated rings. The second kappa shape index (κ2) is 9.09. The van der Waals surface area contributed by atoms with Gasteiger partial charge in [-0.25, -0.2) is 0 Å². The van der Waals surface area contributed by atoms with Crippen LogP contribution in [0.15, 0.2) is 57.9 Å². The molecule has 0 bridgehead atoms. The van der Waals surface area contributed by atoms with Crippen LogP contribution in [0.3, 0.4) is 0 Å². The van der Waals surface area contributed by atoms with E-state index >= 15 is 0 Å². The number of nitrogens with zero attached hydrogens (tertiary/aromatic N) is 1. The summed E-state index contributed by atoms with van der Waals surface area (Å²) >= 11 is 12.9. The SMILES string of the molecule is O=C(CN1C(=O)S/C(=C/c2ccc(-c3ccc(Cl)cc3Cl)o2)C1=O)Nc1ccc2c(c1)OCO2. The van der Waals surface area contributed by atoms with E-state index in [4.69, 9.17) is 37.1 Å². The third-order valence-corrected chi connectivity index (χ3v) is 6.38. The molecule has 34 heavy (non-hydrogen) atoms. The Morgan fingerprint density at radius 3 is 2.71 bits per heavy atom. The fraction of sp³-hybridized carbons (Fsp3) is 0.0870. The van der Waals surface area contributed by atoms with Crippen LogP contribution in [0, 0.1) is 0 Å². The van der Waals surface area contributed by atoms with E-state index in [1.54, 1.807) is 48.5 Å². The zero-order valence-electron chi connectivity index (χ0n) is 17.2. The molecule has 11 heteroatoms. The largest absolute Gasteiger partial charge is 0.457 e. The lowest BCUT2D eigenvalue weighted by Crippen LogP contribution is -2.36. The van der Waals surface area contributed by atoms with Crippen molar-refractivity contribution in [2.45, 2.75) is 0 Å². The Morgan fingerprint density at radius 1 is 1.06 bits per heavy atom. The molecule has 3 amide bonds. The number of hydrogen-bond acceptors (Lipinski definition) is 7. The summed E-state index contributed by atoms with van der Waals surface area (Å²) in [4.78, 5) is 38.6. The molecule has 1 saturated heterocycles. The predicted octanol–water partition coefficient (Wildman–Crippen LogP) is 5.66. The highest BCUT2D eigenvalue weighted by Crippen LogP contribution is 2.36. The van der Waals surface area contributed by atoms with Gasteiger partial charge in [-0.3, -0.25) is 19.3 Å². The van der Waals surface area contributed by atoms with E-state index < -0.39 is 23.6 Å². The van der Waals surface area contributed by atoms with Gasteiger partial charge in [-0.05, 0) is 54.2 Å². The van der Waals surface area contributed by atoms with Crippen LogP contribution in [0.25, 0.3) is 17.4 Å². The minimum absolute atomic E-state index is 0.111. The average molecular weight is 517 g/mol. The number of benzene rings is 2. The van der Waals surface area contributed by atoms with Crippen LogP contribution in [0.5, 0.6) is 11.5 Å². The zero-order valence-corrected chi connectivity index (χ0v) is 19.5. The van der Waals surface area contributed by atoms with Crippen molar-refractivity contribution in [2.75, 3.05) is 18.7 Å². The number of anilines is 1. The van der Waals surface area contributed by atoms with E-state index in [2.05, 4.69) is 5.32 Å². The van der Waals surface area contributed by atoms with Crippen LogP contribution in [0.2, 0.25) is 10.0 Å². The molecule has 0 saturated carbocycles. The van der Waals surface area contributed by atoms with Crippen LogP contribution >= 0.6 is 35.0 Å². The minimum atomic E-state index is -0.585. The Bertz CT molecular complexity index is 1370. The number of thioether (sulfide) groups is 1. The van der Waals surface area contributed by atoms with Gasteiger partial charge in [0.25, 0.3) is 11.1 Å². The molecule has 2 aromatic carbocycles. The lowest BCUT2D eigenvalue weighted by Gasteiger charge is -2.12. The normalized spacial score (nSPS) is 15.9. The molecule has 0 unspecified atom stereocenters. The predicted molar refractivity (Wildman–Crippen MR) is 128 cm³/mol. The van der Waals surface area contributed by atoms with E-state index in [1.165, 1.54) is 6.08 Å². The summed E-state index contributed by atoms with van der Waals surface area (Å²) in [7, 11) is 0. The first-order valence-electron chi connectivity index (χ1n) is 9.87. The molecule has 0 aliphatic carbocycles. The number of hydrogen-bond donors (Lipinski definition) is 1. The highest BCUT2D eigenvalue weighted by molar-refractivity contribution is 8.18. The van der Waals surface area contributed by atoms with E-state index in [9.17, 15) is 14.4 Å². The van der Waals surface area contributed by atoms with Gasteiger partial charge in [-0.15, -0.1) is 0 Å². The lowest BCUT2D eigenvalue weighted by molar-refractivity contribution is -0.127. The van der Waals surface area contributed by atoms with Gasteiger partial charge < -0.3 is 19.2 Å². The maximum Gasteiger partial charge on any atom is 0.294 e. The highest BCUT2D eigenvalue weighted by atomic mass is 35.5. The Balaban J connectivity index is 1.27. The summed E-state index contributed by atoms with van der Waals surface area (Å²) in [5.74, 6) is 0.808. The van der Waals surface area contributed by atoms with Gasteiger partial charge in [-0.2, -0.15) is 0 Å². The number of carbonyl (C=O) groups excluding carboxylic acids is 3. The van der Waals surface area contributed by atoms with Gasteiger partial charge in [0.05, 0.1) is 9.93 Å². The maximum atomic E-state index is 12.8. The second-order valence-corrected chi connectivity index (χ2v) is 9.05. The van der Waals surface area contributed by atoms with E-state index in [1.807, 2.05) is 0 Å². The topological polar surface area (TPSA) is 98.1 Å². The quantitative estimate of drug-likeness (QED) is 0.437. The van der Waals surface area contributed by atoms with E-state index in [0.717, 1.165) is 16.7 Å². The molecule has 0 atom stereocenters. The Hall–Kier alpha value is -3.40. The lowest BCUT2D eigenvalue weighted by atomic mass is 10.2. The molecule has 3 heterocycles. The fourth-order valence-electron chi connectivity index (χ4n) is 3.35. The summed E-state index contributed by atoms with van der Waals surface area (Å²) in [6.45, 7) is -0.319. The second-order valence-electron chi connectivity index (χ2n) is 7.21. The van der Waals surface area contributed by atoms with E-state index in [-0.39, 0.29) is 11.7 Å². The highest BCUT2D eigenvalue weighted by Gasteiger charge is 2.36. The summed E-state index contributed by atoms with van der Waals surface area (Å²) in [6.07, 6.45) is 1.45. The molecule has 1 aromatic heterocycles.